The van der Waals surface area contributed by atoms with E-state index in [-0.39, 0.29) is 24.3 Å². The average Bonchev–Trinajstić information content (AvgIpc) is 2.75. The molecule has 3 heterocycles. The summed E-state index contributed by atoms with van der Waals surface area (Å²) >= 11 is 0. The van der Waals surface area contributed by atoms with Crippen LogP contribution < -0.4 is 5.32 Å². The van der Waals surface area contributed by atoms with Crippen LogP contribution in [0, 0.1) is 5.82 Å². The lowest BCUT2D eigenvalue weighted by molar-refractivity contribution is 0.0999. The van der Waals surface area contributed by atoms with Crippen molar-refractivity contribution in [1.82, 2.24) is 9.88 Å². The average molecular weight is 414 g/mol. The zero-order chi connectivity index (χ0) is 21.5. The van der Waals surface area contributed by atoms with Crippen LogP contribution in [0.2, 0.25) is 0 Å². The van der Waals surface area contributed by atoms with Gasteiger partial charge in [0.15, 0.2) is 5.78 Å². The van der Waals surface area contributed by atoms with E-state index in [1.807, 2.05) is 26.2 Å². The molecule has 0 radical (unpaired) electrons. The van der Waals surface area contributed by atoms with Crippen LogP contribution in [0.3, 0.4) is 0 Å². The number of benzene rings is 2. The molecule has 2 aliphatic heterocycles. The second-order valence-corrected chi connectivity index (χ2v) is 8.36. The van der Waals surface area contributed by atoms with Gasteiger partial charge >= 0.3 is 0 Å². The molecule has 0 amide bonds. The monoisotopic (exact) mass is 414 g/mol. The minimum absolute atomic E-state index is 0.0438. The fourth-order valence-electron chi connectivity index (χ4n) is 4.65. The molecule has 0 saturated heterocycles. The van der Waals surface area contributed by atoms with E-state index in [0.29, 0.717) is 11.3 Å². The Labute approximate surface area is 180 Å². The summed E-state index contributed by atoms with van der Waals surface area (Å²) in [7, 11) is 4.09. The van der Waals surface area contributed by atoms with Crippen LogP contribution in [-0.2, 0) is 6.54 Å². The molecule has 5 rings (SSSR count). The summed E-state index contributed by atoms with van der Waals surface area (Å²) < 4.78 is 14.3. The number of Topliss-reactive ketones (excluding diaryl/α,β-unsaturated/α-hetero) is 1. The minimum atomic E-state index is -0.421. The van der Waals surface area contributed by atoms with Crippen LogP contribution >= 0.6 is 0 Å². The maximum atomic E-state index is 14.3. The lowest BCUT2D eigenvalue weighted by atomic mass is 9.75. The Bertz CT molecular complexity index is 1190. The number of hydrogen-bond donors (Lipinski definition) is 1. The standard InChI is InChI=1S/C25H23FN4O/c1-30(2)14-15-4-3-5-17(10-15)22-24(16-6-8-27-9-7-16)29-20-12-18(26)11-19-21(31)13-28-25(22)23(19)20/h3-12,22,24,29H,13-14H2,1-2H3. The second-order valence-electron chi connectivity index (χ2n) is 8.36. The molecule has 0 spiro atoms. The molecule has 1 N–H and O–H groups in total. The molecule has 2 aromatic carbocycles. The predicted octanol–water partition coefficient (Wildman–Crippen LogP) is 4.22. The van der Waals surface area contributed by atoms with E-state index in [4.69, 9.17) is 4.99 Å². The van der Waals surface area contributed by atoms with E-state index in [1.165, 1.54) is 17.7 Å². The zero-order valence-electron chi connectivity index (χ0n) is 17.5. The molecule has 5 nitrogen and oxygen atoms in total. The Morgan fingerprint density at radius 2 is 1.90 bits per heavy atom. The van der Waals surface area contributed by atoms with Gasteiger partial charge in [0.25, 0.3) is 0 Å². The fourth-order valence-corrected chi connectivity index (χ4v) is 4.65. The molecule has 156 valence electrons. The van der Waals surface area contributed by atoms with Crippen molar-refractivity contribution in [2.75, 3.05) is 26.0 Å². The van der Waals surface area contributed by atoms with Crippen molar-refractivity contribution in [3.8, 4) is 0 Å². The summed E-state index contributed by atoms with van der Waals surface area (Å²) in [5.74, 6) is -0.686. The molecule has 0 saturated carbocycles. The van der Waals surface area contributed by atoms with E-state index >= 15 is 0 Å². The topological polar surface area (TPSA) is 57.6 Å². The number of nitrogens with zero attached hydrogens (tertiary/aromatic N) is 3. The van der Waals surface area contributed by atoms with Crippen molar-refractivity contribution in [1.29, 1.82) is 0 Å². The van der Waals surface area contributed by atoms with Crippen molar-refractivity contribution in [3.05, 3.63) is 94.6 Å². The molecular formula is C25H23FN4O. The molecule has 0 bridgehead atoms. The lowest BCUT2D eigenvalue weighted by Crippen LogP contribution is -2.36. The summed E-state index contributed by atoms with van der Waals surface area (Å²) in [6.07, 6.45) is 3.52. The van der Waals surface area contributed by atoms with Gasteiger partial charge < -0.3 is 10.2 Å². The molecular weight excluding hydrogens is 391 g/mol. The number of anilines is 1. The van der Waals surface area contributed by atoms with Crippen molar-refractivity contribution < 1.29 is 9.18 Å². The van der Waals surface area contributed by atoms with E-state index in [2.05, 4.69) is 39.5 Å². The normalized spacial score (nSPS) is 19.6. The van der Waals surface area contributed by atoms with E-state index in [0.717, 1.165) is 28.9 Å². The number of ketones is 1. The largest absolute Gasteiger partial charge is 0.377 e. The van der Waals surface area contributed by atoms with Crippen molar-refractivity contribution in [2.24, 2.45) is 4.99 Å². The molecule has 0 aliphatic carbocycles. The molecule has 0 fully saturated rings. The SMILES string of the molecule is CN(C)Cc1cccc(C2C3=NCC(=O)c4cc(F)cc(c43)NC2c2ccncc2)c1. The van der Waals surface area contributed by atoms with E-state index in [1.54, 1.807) is 12.4 Å². The molecule has 3 aromatic rings. The maximum absolute atomic E-state index is 14.3. The van der Waals surface area contributed by atoms with Gasteiger partial charge in [-0.05, 0) is 55.1 Å². The lowest BCUT2D eigenvalue weighted by Gasteiger charge is -2.38. The third-order valence-corrected chi connectivity index (χ3v) is 5.87. The highest BCUT2D eigenvalue weighted by Crippen LogP contribution is 2.45. The van der Waals surface area contributed by atoms with E-state index in [9.17, 15) is 9.18 Å². The maximum Gasteiger partial charge on any atom is 0.185 e. The van der Waals surface area contributed by atoms with Crippen molar-refractivity contribution in [2.45, 2.75) is 18.5 Å². The first kappa shape index (κ1) is 19.6. The summed E-state index contributed by atoms with van der Waals surface area (Å²) in [6.45, 7) is 0.869. The van der Waals surface area contributed by atoms with Crippen LogP contribution in [0.25, 0.3) is 0 Å². The first-order valence-electron chi connectivity index (χ1n) is 10.3. The molecule has 2 unspecified atom stereocenters. The van der Waals surface area contributed by atoms with Gasteiger partial charge in [-0.1, -0.05) is 24.3 Å². The molecule has 1 aromatic heterocycles. The highest BCUT2D eigenvalue weighted by Gasteiger charge is 2.40. The Kier molecular flexibility index (Phi) is 4.87. The van der Waals surface area contributed by atoms with Gasteiger partial charge in [0.1, 0.15) is 12.4 Å². The Morgan fingerprint density at radius 3 is 2.68 bits per heavy atom. The fraction of sp³-hybridized carbons (Fsp3) is 0.240. The number of hydrogen-bond acceptors (Lipinski definition) is 5. The van der Waals surface area contributed by atoms with Gasteiger partial charge in [-0.15, -0.1) is 0 Å². The Morgan fingerprint density at radius 1 is 1.10 bits per heavy atom. The van der Waals surface area contributed by atoms with Gasteiger partial charge in [0.05, 0.1) is 17.7 Å². The Hall–Kier alpha value is -3.38. The number of aliphatic imine (C=N–C) groups is 1. The van der Waals surface area contributed by atoms with Gasteiger partial charge in [0, 0.05) is 35.8 Å². The van der Waals surface area contributed by atoms with Crippen molar-refractivity contribution in [3.63, 3.8) is 0 Å². The van der Waals surface area contributed by atoms with Crippen LogP contribution in [0.15, 0.2) is 65.9 Å². The number of rotatable bonds is 4. The molecule has 31 heavy (non-hydrogen) atoms. The van der Waals surface area contributed by atoms with Crippen LogP contribution in [0.4, 0.5) is 10.1 Å². The van der Waals surface area contributed by atoms with E-state index < -0.39 is 5.82 Å². The number of aromatic nitrogens is 1. The first-order valence-corrected chi connectivity index (χ1v) is 10.3. The minimum Gasteiger partial charge on any atom is -0.377 e. The van der Waals surface area contributed by atoms with Crippen LogP contribution in [0.5, 0.6) is 0 Å². The highest BCUT2D eigenvalue weighted by atomic mass is 19.1. The number of nitrogens with one attached hydrogen (secondary N) is 1. The number of carbonyl (C=O) groups excluding carboxylic acids is 1. The zero-order valence-corrected chi connectivity index (χ0v) is 17.5. The number of pyridine rings is 1. The van der Waals surface area contributed by atoms with Gasteiger partial charge in [-0.2, -0.15) is 0 Å². The van der Waals surface area contributed by atoms with Gasteiger partial charge in [0.2, 0.25) is 0 Å². The first-order chi connectivity index (χ1) is 15.0. The summed E-state index contributed by atoms with van der Waals surface area (Å²) in [5.41, 5.74) is 5.95. The second kappa shape index (κ2) is 7.71. The predicted molar refractivity (Wildman–Crippen MR) is 119 cm³/mol. The number of halogens is 1. The number of carbonyl (C=O) groups is 1. The van der Waals surface area contributed by atoms with Crippen molar-refractivity contribution >= 4 is 17.2 Å². The van der Waals surface area contributed by atoms with Crippen LogP contribution in [-0.4, -0.2) is 42.0 Å². The summed E-state index contributed by atoms with van der Waals surface area (Å²) in [4.78, 5) is 23.5. The molecule has 2 aliphatic rings. The van der Waals surface area contributed by atoms with Crippen LogP contribution in [0.1, 0.15) is 44.6 Å². The smallest absolute Gasteiger partial charge is 0.185 e. The summed E-state index contributed by atoms with van der Waals surface area (Å²) in [5, 5.41) is 3.51. The molecule has 2 atom stereocenters. The third kappa shape index (κ3) is 3.53. The third-order valence-electron chi connectivity index (χ3n) is 5.87. The Balaban J connectivity index is 1.71. The quantitative estimate of drug-likeness (QED) is 0.695. The highest BCUT2D eigenvalue weighted by molar-refractivity contribution is 6.21. The van der Waals surface area contributed by atoms with Gasteiger partial charge in [-0.3, -0.25) is 14.8 Å². The molecule has 6 heteroatoms. The summed E-state index contributed by atoms with van der Waals surface area (Å²) in [6, 6.07) is 15.0. The van der Waals surface area contributed by atoms with Gasteiger partial charge in [-0.25, -0.2) is 4.39 Å².